The van der Waals surface area contributed by atoms with E-state index in [2.05, 4.69) is 36.5 Å². The molecule has 0 saturated heterocycles. The number of hydrogen-bond donors (Lipinski definition) is 2. The fraction of sp³-hybridized carbons (Fsp3) is 0.182. The molecule has 2 aromatic rings. The lowest BCUT2D eigenvalue weighted by Gasteiger charge is -2.04. The number of halogens is 1. The van der Waals surface area contributed by atoms with Crippen LogP contribution in [0.25, 0.3) is 0 Å². The zero-order valence-electron chi connectivity index (χ0n) is 9.61. The third-order valence-corrected chi connectivity index (χ3v) is 3.87. The third-order valence-electron chi connectivity index (χ3n) is 2.17. The van der Waals surface area contributed by atoms with Gasteiger partial charge in [0.25, 0.3) is 5.91 Å². The first-order chi connectivity index (χ1) is 8.69. The van der Waals surface area contributed by atoms with E-state index < -0.39 is 0 Å². The van der Waals surface area contributed by atoms with Crippen molar-refractivity contribution in [3.05, 3.63) is 38.9 Å². The topological polar surface area (TPSA) is 66.9 Å². The highest BCUT2D eigenvalue weighted by molar-refractivity contribution is 9.10. The van der Waals surface area contributed by atoms with Crippen molar-refractivity contribution in [1.29, 1.82) is 0 Å². The SMILES string of the molecule is CNc1cncc(C(=O)NCc2cc(Br)cs2)n1. The Morgan fingerprint density at radius 2 is 2.33 bits per heavy atom. The molecule has 7 heteroatoms. The van der Waals surface area contributed by atoms with Crippen LogP contribution in [0.5, 0.6) is 0 Å². The normalized spacial score (nSPS) is 10.1. The van der Waals surface area contributed by atoms with E-state index in [1.165, 1.54) is 6.20 Å². The van der Waals surface area contributed by atoms with Crippen molar-refractivity contribution < 1.29 is 4.79 Å². The Morgan fingerprint density at radius 1 is 1.50 bits per heavy atom. The molecule has 0 aromatic carbocycles. The second kappa shape index (κ2) is 5.92. The fourth-order valence-corrected chi connectivity index (χ4v) is 2.69. The molecule has 94 valence electrons. The van der Waals surface area contributed by atoms with E-state index >= 15 is 0 Å². The predicted molar refractivity (Wildman–Crippen MR) is 74.8 cm³/mol. The lowest BCUT2D eigenvalue weighted by atomic mass is 10.4. The summed E-state index contributed by atoms with van der Waals surface area (Å²) in [7, 11) is 1.73. The molecule has 2 rings (SSSR count). The summed E-state index contributed by atoms with van der Waals surface area (Å²) in [4.78, 5) is 21.0. The Morgan fingerprint density at radius 3 is 3.00 bits per heavy atom. The average Bonchev–Trinajstić information content (AvgIpc) is 2.82. The molecule has 0 radical (unpaired) electrons. The fourth-order valence-electron chi connectivity index (χ4n) is 1.30. The van der Waals surface area contributed by atoms with Gasteiger partial charge in [0, 0.05) is 21.8 Å². The Kier molecular flexibility index (Phi) is 4.27. The molecule has 0 aliphatic rings. The summed E-state index contributed by atoms with van der Waals surface area (Å²) in [5.74, 6) is 0.339. The number of amides is 1. The van der Waals surface area contributed by atoms with E-state index in [1.807, 2.05) is 11.4 Å². The lowest BCUT2D eigenvalue weighted by Crippen LogP contribution is -2.23. The second-order valence-electron chi connectivity index (χ2n) is 3.45. The molecule has 0 unspecified atom stereocenters. The molecular weight excluding hydrogens is 316 g/mol. The van der Waals surface area contributed by atoms with Crippen molar-refractivity contribution in [2.24, 2.45) is 0 Å². The largest absolute Gasteiger partial charge is 0.372 e. The van der Waals surface area contributed by atoms with Crippen LogP contribution >= 0.6 is 27.3 Å². The van der Waals surface area contributed by atoms with Crippen LogP contribution in [-0.4, -0.2) is 22.9 Å². The van der Waals surface area contributed by atoms with Gasteiger partial charge in [0.15, 0.2) is 0 Å². The van der Waals surface area contributed by atoms with Crippen LogP contribution in [0.15, 0.2) is 28.3 Å². The van der Waals surface area contributed by atoms with Gasteiger partial charge in [-0.15, -0.1) is 11.3 Å². The maximum atomic E-state index is 11.8. The molecule has 5 nitrogen and oxygen atoms in total. The molecule has 18 heavy (non-hydrogen) atoms. The van der Waals surface area contributed by atoms with Gasteiger partial charge >= 0.3 is 0 Å². The summed E-state index contributed by atoms with van der Waals surface area (Å²) < 4.78 is 1.02. The molecular formula is C11H11BrN4OS. The molecule has 1 amide bonds. The van der Waals surface area contributed by atoms with Gasteiger partial charge in [0.2, 0.25) is 0 Å². The first-order valence-electron chi connectivity index (χ1n) is 5.20. The van der Waals surface area contributed by atoms with Crippen LogP contribution in [0.1, 0.15) is 15.4 Å². The van der Waals surface area contributed by atoms with Crippen LogP contribution in [0.3, 0.4) is 0 Å². The van der Waals surface area contributed by atoms with E-state index in [-0.39, 0.29) is 5.91 Å². The average molecular weight is 327 g/mol. The number of hydrogen-bond acceptors (Lipinski definition) is 5. The van der Waals surface area contributed by atoms with Gasteiger partial charge in [0.05, 0.1) is 18.9 Å². The number of thiophene rings is 1. The van der Waals surface area contributed by atoms with Gasteiger partial charge in [-0.25, -0.2) is 4.98 Å². The van der Waals surface area contributed by atoms with Gasteiger partial charge in [-0.05, 0) is 22.0 Å². The minimum absolute atomic E-state index is 0.232. The van der Waals surface area contributed by atoms with Crippen LogP contribution in [-0.2, 0) is 6.54 Å². The first kappa shape index (κ1) is 13.0. The van der Waals surface area contributed by atoms with Crippen molar-refractivity contribution in [1.82, 2.24) is 15.3 Å². The van der Waals surface area contributed by atoms with Gasteiger partial charge < -0.3 is 10.6 Å². The Labute approximate surface area is 117 Å². The highest BCUT2D eigenvalue weighted by Crippen LogP contribution is 2.19. The van der Waals surface area contributed by atoms with Gasteiger partial charge in [-0.3, -0.25) is 9.78 Å². The van der Waals surface area contributed by atoms with Crippen molar-refractivity contribution >= 4 is 39.0 Å². The molecule has 0 spiro atoms. The molecule has 2 N–H and O–H groups in total. The van der Waals surface area contributed by atoms with Gasteiger partial charge in [0.1, 0.15) is 11.5 Å². The summed E-state index contributed by atoms with van der Waals surface area (Å²) in [5, 5.41) is 7.62. The van der Waals surface area contributed by atoms with E-state index in [1.54, 1.807) is 24.6 Å². The summed E-state index contributed by atoms with van der Waals surface area (Å²) >= 11 is 4.95. The summed E-state index contributed by atoms with van der Waals surface area (Å²) in [5.41, 5.74) is 0.303. The lowest BCUT2D eigenvalue weighted by molar-refractivity contribution is 0.0946. The maximum absolute atomic E-state index is 11.8. The molecule has 0 aliphatic carbocycles. The molecule has 2 aromatic heterocycles. The molecule has 0 fully saturated rings. The first-order valence-corrected chi connectivity index (χ1v) is 6.87. The highest BCUT2D eigenvalue weighted by Gasteiger charge is 2.08. The zero-order chi connectivity index (χ0) is 13.0. The summed E-state index contributed by atoms with van der Waals surface area (Å²) in [6.45, 7) is 0.487. The Bertz CT molecular complexity index is 557. The Balaban J connectivity index is 1.99. The number of rotatable bonds is 4. The van der Waals surface area contributed by atoms with E-state index in [4.69, 9.17) is 0 Å². The quantitative estimate of drug-likeness (QED) is 0.904. The van der Waals surface area contributed by atoms with E-state index in [0.717, 1.165) is 9.35 Å². The maximum Gasteiger partial charge on any atom is 0.271 e. The smallest absolute Gasteiger partial charge is 0.271 e. The number of anilines is 1. The second-order valence-corrected chi connectivity index (χ2v) is 5.36. The minimum Gasteiger partial charge on any atom is -0.372 e. The van der Waals surface area contributed by atoms with Crippen molar-refractivity contribution in [2.45, 2.75) is 6.54 Å². The van der Waals surface area contributed by atoms with Crippen molar-refractivity contribution in [3.63, 3.8) is 0 Å². The molecule has 0 aliphatic heterocycles. The molecule has 2 heterocycles. The number of carbonyl (C=O) groups excluding carboxylic acids is 1. The van der Waals surface area contributed by atoms with Crippen molar-refractivity contribution in [2.75, 3.05) is 12.4 Å². The highest BCUT2D eigenvalue weighted by atomic mass is 79.9. The summed E-state index contributed by atoms with van der Waals surface area (Å²) in [6.07, 6.45) is 3.01. The van der Waals surface area contributed by atoms with Crippen LogP contribution in [0.2, 0.25) is 0 Å². The number of carbonyl (C=O) groups is 1. The van der Waals surface area contributed by atoms with Crippen LogP contribution in [0, 0.1) is 0 Å². The van der Waals surface area contributed by atoms with Crippen molar-refractivity contribution in [3.8, 4) is 0 Å². The molecule has 0 saturated carbocycles. The molecule has 0 bridgehead atoms. The summed E-state index contributed by atoms with van der Waals surface area (Å²) in [6, 6.07) is 1.97. The number of nitrogens with one attached hydrogen (secondary N) is 2. The van der Waals surface area contributed by atoms with Crippen LogP contribution < -0.4 is 10.6 Å². The monoisotopic (exact) mass is 326 g/mol. The van der Waals surface area contributed by atoms with E-state index in [9.17, 15) is 4.79 Å². The van der Waals surface area contributed by atoms with Gasteiger partial charge in [-0.1, -0.05) is 0 Å². The predicted octanol–water partition coefficient (Wildman–Crippen LogP) is 2.27. The minimum atomic E-state index is -0.232. The van der Waals surface area contributed by atoms with E-state index in [0.29, 0.717) is 18.1 Å². The number of nitrogens with zero attached hydrogens (tertiary/aromatic N) is 2. The van der Waals surface area contributed by atoms with Gasteiger partial charge in [-0.2, -0.15) is 0 Å². The Hall–Kier alpha value is -1.47. The zero-order valence-corrected chi connectivity index (χ0v) is 12.0. The molecule has 0 atom stereocenters. The standard InChI is InChI=1S/C11H11BrN4OS/c1-13-10-5-14-4-9(16-10)11(17)15-3-8-2-7(12)6-18-8/h2,4-6H,3H2,1H3,(H,13,16)(H,15,17). The van der Waals surface area contributed by atoms with Crippen LogP contribution in [0.4, 0.5) is 5.82 Å². The number of aromatic nitrogens is 2. The third kappa shape index (κ3) is 3.27.